The number of esters is 1. The van der Waals surface area contributed by atoms with Gasteiger partial charge in [0, 0.05) is 61.6 Å². The molecule has 0 atom stereocenters. The maximum absolute atomic E-state index is 13.2. The number of carbonyl (C=O) groups excluding carboxylic acids is 1. The van der Waals surface area contributed by atoms with E-state index in [-0.39, 0.29) is 11.0 Å². The Hall–Kier alpha value is -4.24. The number of carbonyl (C=O) groups is 1. The van der Waals surface area contributed by atoms with Crippen molar-refractivity contribution in [3.05, 3.63) is 89.3 Å². The number of hydrogen-bond donors (Lipinski definition) is 1. The van der Waals surface area contributed by atoms with Crippen molar-refractivity contribution in [3.63, 3.8) is 0 Å². The van der Waals surface area contributed by atoms with E-state index in [1.807, 2.05) is 42.6 Å². The normalized spacial score (nSPS) is 17.4. The van der Waals surface area contributed by atoms with Gasteiger partial charge in [0.2, 0.25) is 0 Å². The van der Waals surface area contributed by atoms with Gasteiger partial charge in [0.15, 0.2) is 0 Å². The SMILES string of the molecule is COC(=O)c1ccc(N2CCN(CC3=C(c4ccc(C(F)F)cc4)CC(C)(C)CC3)CC2)cc1Oc1cnc2[nH]ccc2c1. The van der Waals surface area contributed by atoms with E-state index in [9.17, 15) is 13.6 Å². The monoisotopic (exact) mass is 600 g/mol. The van der Waals surface area contributed by atoms with Crippen molar-refractivity contribution in [1.29, 1.82) is 0 Å². The van der Waals surface area contributed by atoms with Crippen LogP contribution in [0.15, 0.2) is 72.6 Å². The molecule has 2 aromatic carbocycles. The summed E-state index contributed by atoms with van der Waals surface area (Å²) in [5, 5.41) is 0.916. The second-order valence-corrected chi connectivity index (χ2v) is 12.5. The molecule has 44 heavy (non-hydrogen) atoms. The van der Waals surface area contributed by atoms with Gasteiger partial charge in [0.1, 0.15) is 22.7 Å². The van der Waals surface area contributed by atoms with E-state index in [4.69, 9.17) is 9.47 Å². The molecule has 6 rings (SSSR count). The maximum atomic E-state index is 13.2. The summed E-state index contributed by atoms with van der Waals surface area (Å²) in [7, 11) is 1.36. The van der Waals surface area contributed by atoms with Crippen LogP contribution in [0.25, 0.3) is 16.6 Å². The largest absolute Gasteiger partial charge is 0.465 e. The lowest BCUT2D eigenvalue weighted by Crippen LogP contribution is -2.47. The second-order valence-electron chi connectivity index (χ2n) is 12.5. The van der Waals surface area contributed by atoms with Gasteiger partial charge in [0.05, 0.1) is 13.3 Å². The number of fused-ring (bicyclic) bond motifs is 1. The predicted octanol–water partition coefficient (Wildman–Crippen LogP) is 7.87. The van der Waals surface area contributed by atoms with E-state index >= 15 is 0 Å². The van der Waals surface area contributed by atoms with Gasteiger partial charge in [-0.2, -0.15) is 0 Å². The first kappa shape index (κ1) is 29.8. The molecule has 1 aliphatic carbocycles. The van der Waals surface area contributed by atoms with Crippen LogP contribution < -0.4 is 9.64 Å². The number of methoxy groups -OCH3 is 1. The van der Waals surface area contributed by atoms with Crippen molar-refractivity contribution in [2.45, 2.75) is 39.5 Å². The molecule has 2 aliphatic rings. The standard InChI is InChI=1S/C35H38F2N4O3/c1-35(2)12-10-26(30(20-35)23-4-6-24(7-5-23)32(36)37)22-40-14-16-41(17-15-40)27-8-9-29(34(42)43-3)31(19-27)44-28-18-25-11-13-38-33(25)39-21-28/h4-9,11,13,18-19,21,32H,10,12,14-17,20,22H2,1-3H3,(H,38,39). The van der Waals surface area contributed by atoms with Gasteiger partial charge in [-0.1, -0.05) is 43.7 Å². The van der Waals surface area contributed by atoms with Crippen LogP contribution in [-0.4, -0.2) is 60.7 Å². The average molecular weight is 601 g/mol. The number of H-pyrrole nitrogens is 1. The fourth-order valence-electron chi connectivity index (χ4n) is 6.25. The Morgan fingerprint density at radius 2 is 1.82 bits per heavy atom. The number of nitrogens with zero attached hydrogens (tertiary/aromatic N) is 3. The number of benzene rings is 2. The molecule has 2 aromatic heterocycles. The highest BCUT2D eigenvalue weighted by Crippen LogP contribution is 2.43. The van der Waals surface area contributed by atoms with Gasteiger partial charge in [-0.15, -0.1) is 0 Å². The summed E-state index contributed by atoms with van der Waals surface area (Å²) in [6, 6.07) is 16.2. The van der Waals surface area contributed by atoms with Crippen molar-refractivity contribution >= 4 is 28.3 Å². The molecular weight excluding hydrogens is 562 g/mol. The zero-order valence-corrected chi connectivity index (χ0v) is 25.4. The number of piperazine rings is 1. The Bertz CT molecular complexity index is 1670. The third kappa shape index (κ3) is 6.48. The van der Waals surface area contributed by atoms with Crippen molar-refractivity contribution in [1.82, 2.24) is 14.9 Å². The highest BCUT2D eigenvalue weighted by atomic mass is 19.3. The van der Waals surface area contributed by atoms with Crippen LogP contribution >= 0.6 is 0 Å². The lowest BCUT2D eigenvalue weighted by atomic mass is 9.72. The smallest absolute Gasteiger partial charge is 0.341 e. The van der Waals surface area contributed by atoms with E-state index in [1.54, 1.807) is 24.4 Å². The molecule has 0 bridgehead atoms. The second kappa shape index (κ2) is 12.4. The molecule has 9 heteroatoms. The first-order valence-corrected chi connectivity index (χ1v) is 15.1. The Kier molecular flexibility index (Phi) is 8.40. The van der Waals surface area contributed by atoms with Gasteiger partial charge >= 0.3 is 5.97 Å². The molecule has 4 aromatic rings. The molecule has 0 amide bonds. The van der Waals surface area contributed by atoms with Gasteiger partial charge in [0.25, 0.3) is 6.43 Å². The highest BCUT2D eigenvalue weighted by molar-refractivity contribution is 5.93. The van der Waals surface area contributed by atoms with Crippen molar-refractivity contribution in [2.75, 3.05) is 44.7 Å². The quantitative estimate of drug-likeness (QED) is 0.208. The Morgan fingerprint density at radius 1 is 1.05 bits per heavy atom. The molecule has 7 nitrogen and oxygen atoms in total. The van der Waals surface area contributed by atoms with E-state index in [1.165, 1.54) is 18.3 Å². The number of nitrogens with one attached hydrogen (secondary N) is 1. The molecule has 0 saturated carbocycles. The van der Waals surface area contributed by atoms with Gasteiger partial charge in [-0.05, 0) is 60.1 Å². The van der Waals surface area contributed by atoms with E-state index in [0.717, 1.165) is 74.3 Å². The minimum absolute atomic E-state index is 0.0636. The van der Waals surface area contributed by atoms with Crippen molar-refractivity contribution in [3.8, 4) is 11.5 Å². The zero-order valence-electron chi connectivity index (χ0n) is 25.4. The molecule has 1 aliphatic heterocycles. The summed E-state index contributed by atoms with van der Waals surface area (Å²) < 4.78 is 37.6. The number of halogens is 2. The molecule has 0 radical (unpaired) electrons. The van der Waals surface area contributed by atoms with E-state index < -0.39 is 12.4 Å². The fourth-order valence-corrected chi connectivity index (χ4v) is 6.25. The van der Waals surface area contributed by atoms with Crippen LogP contribution in [-0.2, 0) is 4.74 Å². The van der Waals surface area contributed by atoms with Crippen LogP contribution in [0.4, 0.5) is 14.5 Å². The summed E-state index contributed by atoms with van der Waals surface area (Å²) >= 11 is 0. The predicted molar refractivity (Wildman–Crippen MR) is 169 cm³/mol. The van der Waals surface area contributed by atoms with Gasteiger partial charge in [-0.3, -0.25) is 4.90 Å². The summed E-state index contributed by atoms with van der Waals surface area (Å²) in [4.78, 5) is 24.8. The Morgan fingerprint density at radius 3 is 2.55 bits per heavy atom. The lowest BCUT2D eigenvalue weighted by Gasteiger charge is -2.39. The third-order valence-electron chi connectivity index (χ3n) is 8.82. The summed E-state index contributed by atoms with van der Waals surface area (Å²) in [6.07, 6.45) is 4.07. The van der Waals surface area contributed by atoms with Crippen LogP contribution in [0.5, 0.6) is 11.5 Å². The minimum atomic E-state index is -2.46. The van der Waals surface area contributed by atoms with E-state index in [0.29, 0.717) is 17.1 Å². The Balaban J connectivity index is 1.17. The molecule has 3 heterocycles. The number of rotatable bonds is 8. The van der Waals surface area contributed by atoms with Crippen molar-refractivity contribution in [2.24, 2.45) is 5.41 Å². The molecule has 0 spiro atoms. The minimum Gasteiger partial charge on any atom is -0.465 e. The van der Waals surface area contributed by atoms with Crippen LogP contribution in [0.1, 0.15) is 61.0 Å². The fraction of sp³-hybridized carbons (Fsp3) is 0.371. The number of anilines is 1. The molecule has 1 fully saturated rings. The topological polar surface area (TPSA) is 70.7 Å². The number of alkyl halides is 2. The first-order chi connectivity index (χ1) is 21.2. The number of aromatic amines is 1. The molecule has 230 valence electrons. The number of allylic oxidation sites excluding steroid dienone is 1. The van der Waals surface area contributed by atoms with Crippen LogP contribution in [0, 0.1) is 5.41 Å². The molecular formula is C35H38F2N4O3. The van der Waals surface area contributed by atoms with E-state index in [2.05, 4.69) is 33.6 Å². The van der Waals surface area contributed by atoms with Crippen LogP contribution in [0.2, 0.25) is 0 Å². The number of ether oxygens (including phenoxy) is 2. The Labute approximate surface area is 256 Å². The first-order valence-electron chi connectivity index (χ1n) is 15.1. The maximum Gasteiger partial charge on any atom is 0.341 e. The van der Waals surface area contributed by atoms with Gasteiger partial charge in [-0.25, -0.2) is 18.6 Å². The lowest BCUT2D eigenvalue weighted by molar-refractivity contribution is 0.0598. The molecule has 0 unspecified atom stereocenters. The molecule has 1 N–H and O–H groups in total. The summed E-state index contributed by atoms with van der Waals surface area (Å²) in [6.45, 7) is 8.86. The molecule has 1 saturated heterocycles. The summed E-state index contributed by atoms with van der Waals surface area (Å²) in [5.41, 5.74) is 6.10. The average Bonchev–Trinajstić information content (AvgIpc) is 3.50. The number of aromatic nitrogens is 2. The van der Waals surface area contributed by atoms with Crippen molar-refractivity contribution < 1.29 is 23.0 Å². The van der Waals surface area contributed by atoms with Crippen LogP contribution in [0.3, 0.4) is 0 Å². The summed E-state index contributed by atoms with van der Waals surface area (Å²) in [5.74, 6) is 0.495. The third-order valence-corrected chi connectivity index (χ3v) is 8.82. The number of pyridine rings is 1. The highest BCUT2D eigenvalue weighted by Gasteiger charge is 2.29. The zero-order chi connectivity index (χ0) is 30.8. The van der Waals surface area contributed by atoms with Gasteiger partial charge < -0.3 is 19.4 Å². The number of hydrogen-bond acceptors (Lipinski definition) is 6.